The second-order valence-corrected chi connectivity index (χ2v) is 1.59. The molecule has 0 aromatic heterocycles. The van der Waals surface area contributed by atoms with E-state index in [2.05, 4.69) is 14.7 Å². The van der Waals surface area contributed by atoms with E-state index in [-0.39, 0.29) is 12.6 Å². The highest BCUT2D eigenvalue weighted by Crippen LogP contribution is 1.80. The summed E-state index contributed by atoms with van der Waals surface area (Å²) in [5.41, 5.74) is 9.81. The fourth-order valence-electron chi connectivity index (χ4n) is 0.362. The Kier molecular flexibility index (Phi) is 4.63. The fourth-order valence-corrected chi connectivity index (χ4v) is 0.362. The van der Waals surface area contributed by atoms with Crippen LogP contribution in [0.3, 0.4) is 0 Å². The molecule has 0 rings (SSSR count). The fraction of sp³-hybridized carbons (Fsp3) is 0.600. The van der Waals surface area contributed by atoms with Crippen molar-refractivity contribution in [1.82, 2.24) is 0 Å². The summed E-state index contributed by atoms with van der Waals surface area (Å²) in [5, 5.41) is 3.12. The van der Waals surface area contributed by atoms with E-state index in [4.69, 9.17) is 11.5 Å². The van der Waals surface area contributed by atoms with E-state index in [9.17, 15) is 4.79 Å². The first kappa shape index (κ1) is 9.54. The van der Waals surface area contributed by atoms with E-state index in [1.54, 1.807) is 6.92 Å². The third kappa shape index (κ3) is 6.42. The van der Waals surface area contributed by atoms with Gasteiger partial charge in [0.15, 0.2) is 0 Å². The van der Waals surface area contributed by atoms with Crippen LogP contribution >= 0.6 is 0 Å². The maximum atomic E-state index is 10.5. The minimum absolute atomic E-state index is 0.228. The first-order chi connectivity index (χ1) is 5.16. The van der Waals surface area contributed by atoms with Gasteiger partial charge >= 0.3 is 5.97 Å². The van der Waals surface area contributed by atoms with E-state index in [0.717, 1.165) is 0 Å². The van der Waals surface area contributed by atoms with Gasteiger partial charge in [-0.05, 0) is 12.1 Å². The van der Waals surface area contributed by atoms with Gasteiger partial charge in [-0.25, -0.2) is 4.79 Å². The number of nitrogens with two attached hydrogens (primary N) is 2. The standard InChI is InChI=1S/C5H11N3O3/c1-2-10-4(9)3-11-8-5(6)7/h2-3H2,1H3,(H4,6,7,8). The Morgan fingerprint density at radius 2 is 2.18 bits per heavy atom. The molecule has 0 bridgehead atoms. The molecule has 0 fully saturated rings. The number of carbonyl (C=O) groups is 1. The molecule has 11 heavy (non-hydrogen) atoms. The molecule has 0 spiro atoms. The van der Waals surface area contributed by atoms with Crippen LogP contribution in [-0.2, 0) is 14.4 Å². The van der Waals surface area contributed by atoms with Crippen molar-refractivity contribution in [2.75, 3.05) is 13.2 Å². The normalized spacial score (nSPS) is 8.45. The molecule has 0 amide bonds. The molecule has 0 heterocycles. The summed E-state index contributed by atoms with van der Waals surface area (Å²) in [7, 11) is 0. The zero-order valence-electron chi connectivity index (χ0n) is 6.24. The largest absolute Gasteiger partial charge is 0.463 e. The van der Waals surface area contributed by atoms with Gasteiger partial charge in [-0.15, -0.1) is 0 Å². The van der Waals surface area contributed by atoms with E-state index >= 15 is 0 Å². The number of carbonyl (C=O) groups excluding carboxylic acids is 1. The summed E-state index contributed by atoms with van der Waals surface area (Å²) in [4.78, 5) is 14.9. The van der Waals surface area contributed by atoms with Gasteiger partial charge in [0.1, 0.15) is 0 Å². The van der Waals surface area contributed by atoms with Crippen molar-refractivity contribution in [3.63, 3.8) is 0 Å². The lowest BCUT2D eigenvalue weighted by molar-refractivity contribution is -0.148. The first-order valence-electron chi connectivity index (χ1n) is 3.03. The number of rotatable bonds is 4. The van der Waals surface area contributed by atoms with Crippen LogP contribution in [0.4, 0.5) is 0 Å². The van der Waals surface area contributed by atoms with Gasteiger partial charge in [0, 0.05) is 0 Å². The van der Waals surface area contributed by atoms with E-state index in [1.165, 1.54) is 0 Å². The Bertz CT molecular complexity index is 153. The number of nitrogens with zero attached hydrogens (tertiary/aromatic N) is 1. The zero-order valence-corrected chi connectivity index (χ0v) is 6.24. The van der Waals surface area contributed by atoms with Crippen LogP contribution in [0.25, 0.3) is 0 Å². The highest BCUT2D eigenvalue weighted by Gasteiger charge is 1.99. The SMILES string of the molecule is CCOC(=O)CON=C(N)N. The second kappa shape index (κ2) is 5.33. The third-order valence-electron chi connectivity index (χ3n) is 0.658. The topological polar surface area (TPSA) is 99.9 Å². The number of ether oxygens (including phenoxy) is 1. The van der Waals surface area contributed by atoms with Crippen LogP contribution in [0.5, 0.6) is 0 Å². The summed E-state index contributed by atoms with van der Waals surface area (Å²) in [6.07, 6.45) is 0. The first-order valence-corrected chi connectivity index (χ1v) is 3.03. The van der Waals surface area contributed by atoms with Crippen molar-refractivity contribution in [2.24, 2.45) is 16.6 Å². The molecular formula is C5H11N3O3. The van der Waals surface area contributed by atoms with Crippen molar-refractivity contribution >= 4 is 11.9 Å². The minimum Gasteiger partial charge on any atom is -0.463 e. The highest BCUT2D eigenvalue weighted by atomic mass is 16.7. The van der Waals surface area contributed by atoms with Crippen LogP contribution < -0.4 is 11.5 Å². The summed E-state index contributed by atoms with van der Waals surface area (Å²) in [6, 6.07) is 0. The lowest BCUT2D eigenvalue weighted by atomic mass is 10.7. The Morgan fingerprint density at radius 3 is 2.64 bits per heavy atom. The van der Waals surface area contributed by atoms with Crippen LogP contribution in [-0.4, -0.2) is 25.1 Å². The molecule has 0 aliphatic rings. The molecule has 0 saturated heterocycles. The maximum Gasteiger partial charge on any atom is 0.347 e. The van der Waals surface area contributed by atoms with E-state index in [1.807, 2.05) is 0 Å². The van der Waals surface area contributed by atoms with Crippen LogP contribution in [0, 0.1) is 0 Å². The van der Waals surface area contributed by atoms with Gasteiger partial charge < -0.3 is 21.0 Å². The summed E-state index contributed by atoms with van der Waals surface area (Å²) in [6.45, 7) is 1.73. The Hall–Kier alpha value is -1.46. The molecule has 6 heteroatoms. The average Bonchev–Trinajstić information content (AvgIpc) is 1.87. The van der Waals surface area contributed by atoms with Crippen molar-refractivity contribution < 1.29 is 14.4 Å². The number of hydrogen-bond donors (Lipinski definition) is 2. The smallest absolute Gasteiger partial charge is 0.347 e. The molecule has 4 N–H and O–H groups in total. The predicted octanol–water partition coefficient (Wildman–Crippen LogP) is -1.25. The molecule has 0 radical (unpaired) electrons. The lowest BCUT2D eigenvalue weighted by Gasteiger charge is -1.99. The van der Waals surface area contributed by atoms with Crippen LogP contribution in [0.2, 0.25) is 0 Å². The number of oxime groups is 1. The van der Waals surface area contributed by atoms with Crippen LogP contribution in [0.15, 0.2) is 5.16 Å². The molecule has 0 atom stereocenters. The average molecular weight is 161 g/mol. The Labute approximate surface area is 64.1 Å². The molecule has 64 valence electrons. The number of guanidine groups is 1. The lowest BCUT2D eigenvalue weighted by Crippen LogP contribution is -2.23. The molecule has 0 aromatic rings. The van der Waals surface area contributed by atoms with Crippen molar-refractivity contribution in [2.45, 2.75) is 6.92 Å². The van der Waals surface area contributed by atoms with Crippen LogP contribution in [0.1, 0.15) is 6.92 Å². The van der Waals surface area contributed by atoms with Gasteiger partial charge in [0.05, 0.1) is 6.61 Å². The van der Waals surface area contributed by atoms with Crippen molar-refractivity contribution in [1.29, 1.82) is 0 Å². The van der Waals surface area contributed by atoms with E-state index in [0.29, 0.717) is 6.61 Å². The van der Waals surface area contributed by atoms with Gasteiger partial charge in [-0.1, -0.05) is 0 Å². The van der Waals surface area contributed by atoms with Gasteiger partial charge in [0.2, 0.25) is 12.6 Å². The molecule has 0 aromatic carbocycles. The number of hydrogen-bond acceptors (Lipinski definition) is 4. The molecule has 0 aliphatic carbocycles. The summed E-state index contributed by atoms with van der Waals surface area (Å²) >= 11 is 0. The van der Waals surface area contributed by atoms with Crippen molar-refractivity contribution in [3.05, 3.63) is 0 Å². The molecule has 0 aliphatic heterocycles. The van der Waals surface area contributed by atoms with E-state index < -0.39 is 5.97 Å². The third-order valence-corrected chi connectivity index (χ3v) is 0.658. The molecule has 0 unspecified atom stereocenters. The monoisotopic (exact) mass is 161 g/mol. The van der Waals surface area contributed by atoms with Gasteiger partial charge in [-0.2, -0.15) is 0 Å². The predicted molar refractivity (Wildman–Crippen MR) is 38.4 cm³/mol. The second-order valence-electron chi connectivity index (χ2n) is 1.59. The molecule has 0 saturated carbocycles. The highest BCUT2D eigenvalue weighted by molar-refractivity contribution is 5.75. The Balaban J connectivity index is 3.39. The Morgan fingerprint density at radius 1 is 1.55 bits per heavy atom. The number of esters is 1. The molecular weight excluding hydrogens is 150 g/mol. The minimum atomic E-state index is -0.502. The van der Waals surface area contributed by atoms with Crippen molar-refractivity contribution in [3.8, 4) is 0 Å². The van der Waals surface area contributed by atoms with Gasteiger partial charge in [-0.3, -0.25) is 0 Å². The summed E-state index contributed by atoms with van der Waals surface area (Å²) in [5.74, 6) is -0.730. The summed E-state index contributed by atoms with van der Waals surface area (Å²) < 4.78 is 4.51. The van der Waals surface area contributed by atoms with Gasteiger partial charge in [0.25, 0.3) is 0 Å². The quantitative estimate of drug-likeness (QED) is 0.232. The maximum absolute atomic E-state index is 10.5. The molecule has 6 nitrogen and oxygen atoms in total. The zero-order chi connectivity index (χ0) is 8.69.